The number of hydrogen-bond donors (Lipinski definition) is 0. The van der Waals surface area contributed by atoms with Crippen LogP contribution in [0.2, 0.25) is 0 Å². The molecular formula is C15H27N2O+. The van der Waals surface area contributed by atoms with Crippen LogP contribution in [0.5, 0.6) is 5.75 Å². The Balaban J connectivity index is 2.42. The first-order chi connectivity index (χ1) is 8.76. The Bertz CT molecular complexity index is 310. The molecule has 3 nitrogen and oxygen atoms in total. The number of pyridine rings is 1. The zero-order valence-corrected chi connectivity index (χ0v) is 12.1. The summed E-state index contributed by atoms with van der Waals surface area (Å²) in [6, 6.07) is 3.87. The van der Waals surface area contributed by atoms with Crippen molar-refractivity contribution in [3.63, 3.8) is 0 Å². The fourth-order valence-corrected chi connectivity index (χ4v) is 2.25. The summed E-state index contributed by atoms with van der Waals surface area (Å²) >= 11 is 0. The second-order valence-corrected chi connectivity index (χ2v) is 4.81. The average molecular weight is 251 g/mol. The Hall–Kier alpha value is -1.09. The van der Waals surface area contributed by atoms with Crippen molar-refractivity contribution in [1.29, 1.82) is 0 Å². The maximum absolute atomic E-state index is 5.77. The van der Waals surface area contributed by atoms with Crippen LogP contribution in [0.15, 0.2) is 24.5 Å². The van der Waals surface area contributed by atoms with E-state index < -0.39 is 0 Å². The second kappa shape index (κ2) is 8.09. The van der Waals surface area contributed by atoms with Gasteiger partial charge in [-0.25, -0.2) is 0 Å². The van der Waals surface area contributed by atoms with Gasteiger partial charge in [-0.2, -0.15) is 0 Å². The van der Waals surface area contributed by atoms with Crippen LogP contribution in [0, 0.1) is 0 Å². The molecule has 0 spiro atoms. The van der Waals surface area contributed by atoms with Gasteiger partial charge in [-0.15, -0.1) is 0 Å². The number of aromatic nitrogens is 1. The third kappa shape index (κ3) is 4.65. The molecule has 0 N–H and O–H groups in total. The van der Waals surface area contributed by atoms with E-state index in [1.807, 2.05) is 12.1 Å². The summed E-state index contributed by atoms with van der Waals surface area (Å²) in [6.45, 7) is 12.3. The number of hydrogen-bond acceptors (Lipinski definition) is 2. The lowest BCUT2D eigenvalue weighted by Gasteiger charge is -2.36. The molecule has 0 atom stereocenters. The largest absolute Gasteiger partial charge is 0.486 e. The summed E-state index contributed by atoms with van der Waals surface area (Å²) in [5.41, 5.74) is 0. The maximum atomic E-state index is 5.77. The van der Waals surface area contributed by atoms with Crippen molar-refractivity contribution < 1.29 is 9.22 Å². The molecule has 0 saturated heterocycles. The highest BCUT2D eigenvalue weighted by atomic mass is 16.5. The number of likely N-dealkylation sites (N-methyl/N-ethyl adjacent to an activating group) is 1. The highest BCUT2D eigenvalue weighted by Crippen LogP contribution is 2.11. The molecule has 102 valence electrons. The van der Waals surface area contributed by atoms with E-state index in [0.717, 1.165) is 23.4 Å². The summed E-state index contributed by atoms with van der Waals surface area (Å²) in [5.74, 6) is 0.873. The number of quaternary nitrogens is 1. The first-order valence-corrected chi connectivity index (χ1v) is 7.14. The van der Waals surface area contributed by atoms with Crippen LogP contribution in [0.25, 0.3) is 0 Å². The SMILES string of the molecule is CCCC[N+](CC)(CC)CCOc1cccnc1. The number of unbranched alkanes of at least 4 members (excludes halogenated alkanes) is 1. The normalized spacial score (nSPS) is 11.5. The predicted molar refractivity (Wildman–Crippen MR) is 75.7 cm³/mol. The van der Waals surface area contributed by atoms with Gasteiger partial charge in [0.15, 0.2) is 0 Å². The van der Waals surface area contributed by atoms with Crippen molar-refractivity contribution in [2.45, 2.75) is 33.6 Å². The van der Waals surface area contributed by atoms with Crippen LogP contribution in [-0.4, -0.2) is 42.3 Å². The van der Waals surface area contributed by atoms with Gasteiger partial charge in [0.2, 0.25) is 0 Å². The first kappa shape index (κ1) is 15.0. The van der Waals surface area contributed by atoms with Crippen molar-refractivity contribution in [2.24, 2.45) is 0 Å². The number of nitrogens with zero attached hydrogens (tertiary/aromatic N) is 2. The standard InChI is InChI=1S/C15H27N2O/c1-4-7-11-17(5-2,6-3)12-13-18-15-9-8-10-16-14-15/h8-10,14H,4-7,11-13H2,1-3H3/q+1. The Morgan fingerprint density at radius 2 is 1.94 bits per heavy atom. The number of ether oxygens (including phenoxy) is 1. The molecule has 0 saturated carbocycles. The molecule has 3 heteroatoms. The van der Waals surface area contributed by atoms with E-state index in [9.17, 15) is 0 Å². The Kier molecular flexibility index (Phi) is 6.73. The summed E-state index contributed by atoms with van der Waals surface area (Å²) < 4.78 is 6.93. The smallest absolute Gasteiger partial charge is 0.137 e. The lowest BCUT2D eigenvalue weighted by atomic mass is 10.2. The number of rotatable bonds is 9. The van der Waals surface area contributed by atoms with Crippen LogP contribution < -0.4 is 4.74 Å². The molecular weight excluding hydrogens is 224 g/mol. The van der Waals surface area contributed by atoms with Crippen LogP contribution in [0.3, 0.4) is 0 Å². The fourth-order valence-electron chi connectivity index (χ4n) is 2.25. The quantitative estimate of drug-likeness (QED) is 0.629. The van der Waals surface area contributed by atoms with Gasteiger partial charge in [-0.05, 0) is 32.4 Å². The third-order valence-electron chi connectivity index (χ3n) is 3.80. The van der Waals surface area contributed by atoms with E-state index in [2.05, 4.69) is 25.8 Å². The Morgan fingerprint density at radius 1 is 1.17 bits per heavy atom. The highest BCUT2D eigenvalue weighted by molar-refractivity contribution is 5.15. The lowest BCUT2D eigenvalue weighted by Crippen LogP contribution is -2.50. The molecule has 1 rings (SSSR count). The van der Waals surface area contributed by atoms with E-state index in [0.29, 0.717) is 0 Å². The van der Waals surface area contributed by atoms with Gasteiger partial charge in [-0.3, -0.25) is 4.98 Å². The van der Waals surface area contributed by atoms with Crippen molar-refractivity contribution >= 4 is 0 Å². The van der Waals surface area contributed by atoms with Gasteiger partial charge in [0.25, 0.3) is 0 Å². The van der Waals surface area contributed by atoms with Gasteiger partial charge in [0, 0.05) is 6.20 Å². The molecule has 0 aliphatic heterocycles. The Morgan fingerprint density at radius 3 is 2.50 bits per heavy atom. The molecule has 1 aromatic rings. The molecule has 0 bridgehead atoms. The monoisotopic (exact) mass is 251 g/mol. The topological polar surface area (TPSA) is 22.1 Å². The molecule has 0 radical (unpaired) electrons. The van der Waals surface area contributed by atoms with E-state index in [1.165, 1.54) is 32.5 Å². The molecule has 0 amide bonds. The third-order valence-corrected chi connectivity index (χ3v) is 3.80. The van der Waals surface area contributed by atoms with Crippen molar-refractivity contribution in [3.8, 4) is 5.75 Å². The fraction of sp³-hybridized carbons (Fsp3) is 0.667. The lowest BCUT2D eigenvalue weighted by molar-refractivity contribution is -0.925. The summed E-state index contributed by atoms with van der Waals surface area (Å²) in [5, 5.41) is 0. The minimum absolute atomic E-state index is 0.775. The maximum Gasteiger partial charge on any atom is 0.137 e. The molecule has 0 unspecified atom stereocenters. The van der Waals surface area contributed by atoms with Crippen molar-refractivity contribution in [1.82, 2.24) is 4.98 Å². The van der Waals surface area contributed by atoms with Crippen molar-refractivity contribution in [2.75, 3.05) is 32.8 Å². The average Bonchev–Trinajstić information content (AvgIpc) is 2.44. The van der Waals surface area contributed by atoms with Gasteiger partial charge in [0.05, 0.1) is 25.8 Å². The molecule has 18 heavy (non-hydrogen) atoms. The highest BCUT2D eigenvalue weighted by Gasteiger charge is 2.22. The summed E-state index contributed by atoms with van der Waals surface area (Å²) in [7, 11) is 0. The van der Waals surface area contributed by atoms with E-state index in [4.69, 9.17) is 4.74 Å². The summed E-state index contributed by atoms with van der Waals surface area (Å²) in [6.07, 6.45) is 6.11. The van der Waals surface area contributed by atoms with Crippen molar-refractivity contribution in [3.05, 3.63) is 24.5 Å². The Labute approximate surface area is 111 Å². The molecule has 0 fully saturated rings. The molecule has 0 aliphatic carbocycles. The van der Waals surface area contributed by atoms with E-state index in [-0.39, 0.29) is 0 Å². The van der Waals surface area contributed by atoms with Crippen LogP contribution in [0.1, 0.15) is 33.6 Å². The minimum atomic E-state index is 0.775. The first-order valence-electron chi connectivity index (χ1n) is 7.14. The van der Waals surface area contributed by atoms with Gasteiger partial charge in [0.1, 0.15) is 18.9 Å². The predicted octanol–water partition coefficient (Wildman–Crippen LogP) is 3.12. The summed E-state index contributed by atoms with van der Waals surface area (Å²) in [4.78, 5) is 4.06. The van der Waals surface area contributed by atoms with Crippen LogP contribution in [0.4, 0.5) is 0 Å². The molecule has 1 aromatic heterocycles. The van der Waals surface area contributed by atoms with E-state index >= 15 is 0 Å². The molecule has 0 aromatic carbocycles. The van der Waals surface area contributed by atoms with Crippen LogP contribution in [-0.2, 0) is 0 Å². The molecule has 0 aliphatic rings. The van der Waals surface area contributed by atoms with Gasteiger partial charge in [-0.1, -0.05) is 13.3 Å². The minimum Gasteiger partial charge on any atom is -0.486 e. The molecule has 1 heterocycles. The van der Waals surface area contributed by atoms with E-state index in [1.54, 1.807) is 12.4 Å². The van der Waals surface area contributed by atoms with Gasteiger partial charge < -0.3 is 9.22 Å². The second-order valence-electron chi connectivity index (χ2n) is 4.81. The zero-order valence-electron chi connectivity index (χ0n) is 12.1. The van der Waals surface area contributed by atoms with Gasteiger partial charge >= 0.3 is 0 Å². The van der Waals surface area contributed by atoms with Crippen LogP contribution >= 0.6 is 0 Å². The zero-order chi connectivity index (χ0) is 13.3.